The standard InChI is InChI=1S/C6H12N2/c1-6(8-2)4-3-5-7/h6,8H,5,7H2,1-2H3. The van der Waals surface area contributed by atoms with Gasteiger partial charge in [-0.05, 0) is 14.0 Å². The molecular weight excluding hydrogens is 100 g/mol. The third kappa shape index (κ3) is 3.66. The average Bonchev–Trinajstić information content (AvgIpc) is 1.83. The van der Waals surface area contributed by atoms with Crippen molar-refractivity contribution >= 4 is 0 Å². The minimum absolute atomic E-state index is 0.263. The molecule has 2 heteroatoms. The fourth-order valence-corrected chi connectivity index (χ4v) is 0.284. The first-order valence-electron chi connectivity index (χ1n) is 2.67. The zero-order chi connectivity index (χ0) is 6.41. The highest BCUT2D eigenvalue weighted by atomic mass is 14.8. The molecule has 8 heavy (non-hydrogen) atoms. The minimum Gasteiger partial charge on any atom is -0.320 e. The normalized spacial score (nSPS) is 11.9. The molecule has 46 valence electrons. The first kappa shape index (κ1) is 7.48. The topological polar surface area (TPSA) is 38.0 Å². The van der Waals surface area contributed by atoms with E-state index in [1.165, 1.54) is 0 Å². The molecule has 0 fully saturated rings. The van der Waals surface area contributed by atoms with E-state index in [0.717, 1.165) is 0 Å². The molecule has 0 heterocycles. The highest BCUT2D eigenvalue weighted by Crippen LogP contribution is 1.70. The largest absolute Gasteiger partial charge is 0.320 e. The predicted molar refractivity (Wildman–Crippen MR) is 35.4 cm³/mol. The van der Waals surface area contributed by atoms with Gasteiger partial charge in [0.2, 0.25) is 0 Å². The number of rotatable bonds is 1. The van der Waals surface area contributed by atoms with Gasteiger partial charge in [0.25, 0.3) is 0 Å². The van der Waals surface area contributed by atoms with E-state index in [2.05, 4.69) is 17.2 Å². The monoisotopic (exact) mass is 112 g/mol. The third-order valence-corrected chi connectivity index (χ3v) is 0.854. The summed E-state index contributed by atoms with van der Waals surface area (Å²) in [6.45, 7) is 2.44. The fourth-order valence-electron chi connectivity index (χ4n) is 0.284. The van der Waals surface area contributed by atoms with Crippen molar-refractivity contribution in [2.24, 2.45) is 5.73 Å². The van der Waals surface area contributed by atoms with Crippen LogP contribution in [0.3, 0.4) is 0 Å². The van der Waals surface area contributed by atoms with Gasteiger partial charge >= 0.3 is 0 Å². The van der Waals surface area contributed by atoms with Gasteiger partial charge in [-0.3, -0.25) is 0 Å². The Balaban J connectivity index is 3.35. The Morgan fingerprint density at radius 3 is 2.75 bits per heavy atom. The van der Waals surface area contributed by atoms with Crippen LogP contribution < -0.4 is 11.1 Å². The average molecular weight is 112 g/mol. The zero-order valence-corrected chi connectivity index (χ0v) is 5.36. The summed E-state index contributed by atoms with van der Waals surface area (Å²) in [5.74, 6) is 5.66. The molecule has 0 radical (unpaired) electrons. The van der Waals surface area contributed by atoms with E-state index >= 15 is 0 Å². The van der Waals surface area contributed by atoms with Gasteiger partial charge in [0.05, 0.1) is 12.6 Å². The summed E-state index contributed by atoms with van der Waals surface area (Å²) in [6.07, 6.45) is 0. The van der Waals surface area contributed by atoms with Crippen LogP contribution in [-0.4, -0.2) is 19.6 Å². The second-order valence-corrected chi connectivity index (χ2v) is 1.54. The van der Waals surface area contributed by atoms with Crippen molar-refractivity contribution in [1.82, 2.24) is 5.32 Å². The third-order valence-electron chi connectivity index (χ3n) is 0.854. The van der Waals surface area contributed by atoms with Gasteiger partial charge in [0.1, 0.15) is 0 Å². The molecule has 0 aliphatic carbocycles. The molecule has 0 bridgehead atoms. The maximum Gasteiger partial charge on any atom is 0.0659 e. The van der Waals surface area contributed by atoms with Crippen molar-refractivity contribution in [3.8, 4) is 11.8 Å². The Morgan fingerprint density at radius 1 is 1.75 bits per heavy atom. The second kappa shape index (κ2) is 4.63. The van der Waals surface area contributed by atoms with Gasteiger partial charge in [-0.25, -0.2) is 0 Å². The number of hydrogen-bond donors (Lipinski definition) is 2. The van der Waals surface area contributed by atoms with Gasteiger partial charge in [-0.15, -0.1) is 0 Å². The summed E-state index contributed by atoms with van der Waals surface area (Å²) in [7, 11) is 1.87. The predicted octanol–water partition coefficient (Wildman–Crippen LogP) is -0.444. The van der Waals surface area contributed by atoms with Gasteiger partial charge in [0.15, 0.2) is 0 Å². The van der Waals surface area contributed by atoms with E-state index in [1.54, 1.807) is 0 Å². The Labute approximate surface area is 50.5 Å². The van der Waals surface area contributed by atoms with Crippen LogP contribution in [0.5, 0.6) is 0 Å². The maximum absolute atomic E-state index is 5.13. The summed E-state index contributed by atoms with van der Waals surface area (Å²) in [4.78, 5) is 0. The van der Waals surface area contributed by atoms with Crippen molar-refractivity contribution in [2.45, 2.75) is 13.0 Å². The molecule has 3 N–H and O–H groups in total. The molecule has 0 saturated heterocycles. The van der Waals surface area contributed by atoms with Crippen molar-refractivity contribution in [1.29, 1.82) is 0 Å². The molecule has 0 aromatic carbocycles. The molecule has 1 atom stereocenters. The van der Waals surface area contributed by atoms with E-state index in [9.17, 15) is 0 Å². The lowest BCUT2D eigenvalue weighted by atomic mass is 10.3. The molecule has 0 amide bonds. The van der Waals surface area contributed by atoms with Crippen LogP contribution in [0.1, 0.15) is 6.92 Å². The van der Waals surface area contributed by atoms with Gasteiger partial charge in [-0.1, -0.05) is 11.8 Å². The summed E-state index contributed by atoms with van der Waals surface area (Å²) >= 11 is 0. The van der Waals surface area contributed by atoms with E-state index in [0.29, 0.717) is 6.54 Å². The Hall–Kier alpha value is -0.520. The number of nitrogens with two attached hydrogens (primary N) is 1. The highest BCUT2D eigenvalue weighted by Gasteiger charge is 1.84. The first-order chi connectivity index (χ1) is 3.81. The van der Waals surface area contributed by atoms with Crippen LogP contribution in [0.15, 0.2) is 0 Å². The lowest BCUT2D eigenvalue weighted by Crippen LogP contribution is -2.18. The lowest BCUT2D eigenvalue weighted by Gasteiger charge is -1.96. The Morgan fingerprint density at radius 2 is 2.38 bits per heavy atom. The molecule has 1 unspecified atom stereocenters. The molecule has 0 spiro atoms. The van der Waals surface area contributed by atoms with Crippen molar-refractivity contribution in [2.75, 3.05) is 13.6 Å². The van der Waals surface area contributed by atoms with Crippen molar-refractivity contribution in [3.63, 3.8) is 0 Å². The van der Waals surface area contributed by atoms with E-state index < -0.39 is 0 Å². The molecule has 2 nitrogen and oxygen atoms in total. The Bertz CT molecular complexity index is 98.8. The van der Waals surface area contributed by atoms with Crippen LogP contribution >= 0.6 is 0 Å². The van der Waals surface area contributed by atoms with Gasteiger partial charge in [0, 0.05) is 0 Å². The van der Waals surface area contributed by atoms with Crippen molar-refractivity contribution in [3.05, 3.63) is 0 Å². The van der Waals surface area contributed by atoms with E-state index in [4.69, 9.17) is 5.73 Å². The molecule has 0 rings (SSSR count). The van der Waals surface area contributed by atoms with Crippen molar-refractivity contribution < 1.29 is 0 Å². The van der Waals surface area contributed by atoms with Crippen LogP contribution in [0.25, 0.3) is 0 Å². The molecule has 0 aliphatic rings. The summed E-state index contributed by atoms with van der Waals surface area (Å²) in [6, 6.07) is 0.263. The molecular formula is C6H12N2. The molecule has 0 aliphatic heterocycles. The zero-order valence-electron chi connectivity index (χ0n) is 5.36. The van der Waals surface area contributed by atoms with Crippen LogP contribution in [-0.2, 0) is 0 Å². The second-order valence-electron chi connectivity index (χ2n) is 1.54. The maximum atomic E-state index is 5.13. The van der Waals surface area contributed by atoms with E-state index in [1.807, 2.05) is 14.0 Å². The van der Waals surface area contributed by atoms with Crippen LogP contribution in [0.2, 0.25) is 0 Å². The number of hydrogen-bond acceptors (Lipinski definition) is 2. The summed E-state index contributed by atoms with van der Waals surface area (Å²) in [5, 5.41) is 2.97. The molecule has 0 aromatic rings. The molecule has 0 aromatic heterocycles. The van der Waals surface area contributed by atoms with Gasteiger partial charge in [-0.2, -0.15) is 0 Å². The highest BCUT2D eigenvalue weighted by molar-refractivity contribution is 5.06. The lowest BCUT2D eigenvalue weighted by molar-refractivity contribution is 0.749. The minimum atomic E-state index is 0.263. The Kier molecular flexibility index (Phi) is 4.33. The smallest absolute Gasteiger partial charge is 0.0659 e. The van der Waals surface area contributed by atoms with Crippen LogP contribution in [0, 0.1) is 11.8 Å². The first-order valence-corrected chi connectivity index (χ1v) is 2.67. The molecule has 0 saturated carbocycles. The quantitative estimate of drug-likeness (QED) is 0.451. The summed E-state index contributed by atoms with van der Waals surface area (Å²) in [5.41, 5.74) is 5.13. The fraction of sp³-hybridized carbons (Fsp3) is 0.667. The summed E-state index contributed by atoms with van der Waals surface area (Å²) < 4.78 is 0. The van der Waals surface area contributed by atoms with Crippen LogP contribution in [0.4, 0.5) is 0 Å². The van der Waals surface area contributed by atoms with E-state index in [-0.39, 0.29) is 6.04 Å². The SMILES string of the molecule is CNC(C)C#CCN. The number of nitrogens with one attached hydrogen (secondary N) is 1. The van der Waals surface area contributed by atoms with Gasteiger partial charge < -0.3 is 11.1 Å².